The van der Waals surface area contributed by atoms with E-state index in [0.29, 0.717) is 0 Å². The average molecular weight is 392 g/mol. The van der Waals surface area contributed by atoms with Gasteiger partial charge in [-0.05, 0) is 36.2 Å². The average Bonchev–Trinajstić information content (AvgIpc) is 2.65. The minimum Gasteiger partial charge on any atom is -0.456 e. The predicted molar refractivity (Wildman–Crippen MR) is 103 cm³/mol. The van der Waals surface area contributed by atoms with E-state index in [9.17, 15) is 18.0 Å². The molecule has 8 heteroatoms. The Bertz CT molecular complexity index is 911. The van der Waals surface area contributed by atoms with Gasteiger partial charge in [0.1, 0.15) is 0 Å². The van der Waals surface area contributed by atoms with Crippen molar-refractivity contribution in [1.82, 2.24) is 10.0 Å². The quantitative estimate of drug-likeness (QED) is 0.635. The molecule has 27 heavy (non-hydrogen) atoms. The number of carbonyl (C=O) groups excluding carboxylic acids is 2. The van der Waals surface area contributed by atoms with Gasteiger partial charge in [0.05, 0.1) is 11.3 Å². The van der Waals surface area contributed by atoms with E-state index in [-0.39, 0.29) is 36.4 Å². The molecule has 1 amide bonds. The van der Waals surface area contributed by atoms with Gasteiger partial charge in [-0.25, -0.2) is 13.1 Å². The van der Waals surface area contributed by atoms with Crippen LogP contribution in [0.2, 0.25) is 0 Å². The second-order valence-corrected chi connectivity index (χ2v) is 7.96. The van der Waals surface area contributed by atoms with Crippen LogP contribution in [0.1, 0.15) is 26.7 Å². The number of hydrogen-bond donors (Lipinski definition) is 2. The molecule has 7 nitrogen and oxygen atoms in total. The number of esters is 1. The van der Waals surface area contributed by atoms with Crippen LogP contribution < -0.4 is 10.0 Å². The molecule has 2 aromatic carbocycles. The molecule has 0 saturated carbocycles. The lowest BCUT2D eigenvalue weighted by Crippen LogP contribution is -2.35. The summed E-state index contributed by atoms with van der Waals surface area (Å²) in [4.78, 5) is 23.3. The smallest absolute Gasteiger partial charge is 0.307 e. The maximum Gasteiger partial charge on any atom is 0.307 e. The molecular formula is C19H24N2O5S. The molecular weight excluding hydrogens is 368 g/mol. The van der Waals surface area contributed by atoms with E-state index in [2.05, 4.69) is 10.0 Å². The minimum absolute atomic E-state index is 0.00460. The molecule has 0 bridgehead atoms. The van der Waals surface area contributed by atoms with Gasteiger partial charge in [-0.15, -0.1) is 0 Å². The molecule has 2 rings (SSSR count). The first-order valence-corrected chi connectivity index (χ1v) is 10.2. The molecule has 0 aliphatic rings. The molecule has 0 heterocycles. The summed E-state index contributed by atoms with van der Waals surface area (Å²) in [6.45, 7) is 3.29. The van der Waals surface area contributed by atoms with Crippen LogP contribution in [0.5, 0.6) is 0 Å². The zero-order valence-corrected chi connectivity index (χ0v) is 16.2. The van der Waals surface area contributed by atoms with E-state index in [4.69, 9.17) is 4.74 Å². The van der Waals surface area contributed by atoms with Crippen molar-refractivity contribution in [2.24, 2.45) is 0 Å². The van der Waals surface area contributed by atoms with Crippen molar-refractivity contribution in [1.29, 1.82) is 0 Å². The van der Waals surface area contributed by atoms with Crippen LogP contribution in [-0.4, -0.2) is 39.5 Å². The lowest BCUT2D eigenvalue weighted by molar-refractivity contribution is -0.148. The number of carbonyl (C=O) groups is 2. The number of hydrogen-bond acceptors (Lipinski definition) is 5. The monoisotopic (exact) mass is 392 g/mol. The number of ether oxygens (including phenoxy) is 1. The molecule has 0 aliphatic heterocycles. The fraction of sp³-hybridized carbons (Fsp3) is 0.368. The van der Waals surface area contributed by atoms with Crippen LogP contribution in [0.15, 0.2) is 47.4 Å². The second-order valence-electron chi connectivity index (χ2n) is 6.19. The largest absolute Gasteiger partial charge is 0.456 e. The van der Waals surface area contributed by atoms with Gasteiger partial charge >= 0.3 is 5.97 Å². The Morgan fingerprint density at radius 1 is 1.11 bits per heavy atom. The third kappa shape index (κ3) is 6.33. The van der Waals surface area contributed by atoms with E-state index in [1.54, 1.807) is 12.1 Å². The number of sulfonamides is 1. The summed E-state index contributed by atoms with van der Waals surface area (Å²) in [6, 6.07) is 12.3. The first kappa shape index (κ1) is 20.9. The Kier molecular flexibility index (Phi) is 7.32. The van der Waals surface area contributed by atoms with Gasteiger partial charge in [-0.1, -0.05) is 37.3 Å². The lowest BCUT2D eigenvalue weighted by atomic mass is 10.1. The van der Waals surface area contributed by atoms with Crippen molar-refractivity contribution in [2.45, 2.75) is 37.6 Å². The van der Waals surface area contributed by atoms with Crippen molar-refractivity contribution in [2.75, 3.05) is 13.2 Å². The van der Waals surface area contributed by atoms with Gasteiger partial charge < -0.3 is 10.1 Å². The van der Waals surface area contributed by atoms with Crippen LogP contribution in [0.3, 0.4) is 0 Å². The summed E-state index contributed by atoms with van der Waals surface area (Å²) >= 11 is 0. The van der Waals surface area contributed by atoms with E-state index in [1.165, 1.54) is 6.07 Å². The highest BCUT2D eigenvalue weighted by Crippen LogP contribution is 2.18. The summed E-state index contributed by atoms with van der Waals surface area (Å²) in [5.41, 5.74) is 0. The molecule has 0 fully saturated rings. The van der Waals surface area contributed by atoms with Crippen LogP contribution in [0.25, 0.3) is 10.8 Å². The predicted octanol–water partition coefficient (Wildman–Crippen LogP) is 1.97. The maximum absolute atomic E-state index is 12.4. The first-order valence-electron chi connectivity index (χ1n) is 8.75. The van der Waals surface area contributed by atoms with Crippen LogP contribution >= 0.6 is 0 Å². The number of rotatable bonds is 9. The zero-order valence-electron chi connectivity index (χ0n) is 15.4. The number of benzene rings is 2. The fourth-order valence-electron chi connectivity index (χ4n) is 2.34. The summed E-state index contributed by atoms with van der Waals surface area (Å²) < 4.78 is 31.9. The Labute approximate surface area is 159 Å². The maximum atomic E-state index is 12.4. The third-order valence-corrected chi connectivity index (χ3v) is 5.50. The van der Waals surface area contributed by atoms with Crippen molar-refractivity contribution in [3.8, 4) is 0 Å². The lowest BCUT2D eigenvalue weighted by Gasteiger charge is -2.11. The fourth-order valence-corrected chi connectivity index (χ4v) is 3.41. The molecule has 146 valence electrons. The molecule has 0 spiro atoms. The molecule has 0 unspecified atom stereocenters. The molecule has 0 saturated heterocycles. The van der Waals surface area contributed by atoms with E-state index >= 15 is 0 Å². The van der Waals surface area contributed by atoms with Crippen molar-refractivity contribution in [3.63, 3.8) is 0 Å². The number of nitrogens with one attached hydrogen (secondary N) is 2. The van der Waals surface area contributed by atoms with E-state index in [0.717, 1.165) is 17.2 Å². The zero-order chi connectivity index (χ0) is 19.9. The Balaban J connectivity index is 1.82. The Hall–Kier alpha value is -2.45. The highest BCUT2D eigenvalue weighted by molar-refractivity contribution is 7.89. The number of fused-ring (bicyclic) bond motifs is 1. The molecule has 1 atom stereocenters. The minimum atomic E-state index is -3.74. The van der Waals surface area contributed by atoms with Gasteiger partial charge in [-0.2, -0.15) is 0 Å². The normalized spacial score (nSPS) is 12.5. The van der Waals surface area contributed by atoms with Crippen molar-refractivity contribution in [3.05, 3.63) is 42.5 Å². The highest BCUT2D eigenvalue weighted by Gasteiger charge is 2.15. The Morgan fingerprint density at radius 2 is 1.81 bits per heavy atom. The molecule has 0 aliphatic carbocycles. The van der Waals surface area contributed by atoms with Gasteiger partial charge in [0, 0.05) is 12.6 Å². The summed E-state index contributed by atoms with van der Waals surface area (Å²) in [6.07, 6.45) is 0.611. The van der Waals surface area contributed by atoms with Gasteiger partial charge in [0.25, 0.3) is 5.91 Å². The summed E-state index contributed by atoms with van der Waals surface area (Å²) in [5, 5.41) is 4.43. The van der Waals surface area contributed by atoms with Crippen molar-refractivity contribution < 1.29 is 22.7 Å². The first-order chi connectivity index (χ1) is 12.8. The molecule has 2 aromatic rings. The standard InChI is InChI=1S/C19H24N2O5S/c1-3-14(2)21-18(22)13-26-19(23)10-11-20-27(24,25)17-9-8-15-6-4-5-7-16(15)12-17/h4-9,12,14,20H,3,10-11,13H2,1-2H3,(H,21,22)/t14-/m0/s1. The van der Waals surface area contributed by atoms with Crippen LogP contribution in [-0.2, 0) is 24.3 Å². The summed E-state index contributed by atoms with van der Waals surface area (Å²) in [7, 11) is -3.74. The molecule has 0 radical (unpaired) electrons. The topological polar surface area (TPSA) is 102 Å². The number of amides is 1. The van der Waals surface area contributed by atoms with Gasteiger partial charge in [0.2, 0.25) is 10.0 Å². The van der Waals surface area contributed by atoms with Crippen molar-refractivity contribution >= 4 is 32.7 Å². The van der Waals surface area contributed by atoms with Gasteiger partial charge in [-0.3, -0.25) is 9.59 Å². The van der Waals surface area contributed by atoms with Crippen LogP contribution in [0, 0.1) is 0 Å². The van der Waals surface area contributed by atoms with Gasteiger partial charge in [0.15, 0.2) is 6.61 Å². The third-order valence-electron chi connectivity index (χ3n) is 4.04. The van der Waals surface area contributed by atoms with Crippen LogP contribution in [0.4, 0.5) is 0 Å². The molecule has 0 aromatic heterocycles. The molecule has 2 N–H and O–H groups in total. The summed E-state index contributed by atoms with van der Waals surface area (Å²) in [5.74, 6) is -1.02. The Morgan fingerprint density at radius 3 is 2.52 bits per heavy atom. The SMILES string of the molecule is CC[C@H](C)NC(=O)COC(=O)CCNS(=O)(=O)c1ccc2ccccc2c1. The highest BCUT2D eigenvalue weighted by atomic mass is 32.2. The van der Waals surface area contributed by atoms with E-state index < -0.39 is 16.0 Å². The second kappa shape index (κ2) is 9.48. The van der Waals surface area contributed by atoms with E-state index in [1.807, 2.05) is 38.1 Å².